The van der Waals surface area contributed by atoms with E-state index in [0.29, 0.717) is 5.92 Å². The van der Waals surface area contributed by atoms with Crippen molar-refractivity contribution < 1.29 is 9.75 Å². The summed E-state index contributed by atoms with van der Waals surface area (Å²) >= 11 is 0. The van der Waals surface area contributed by atoms with Crippen molar-refractivity contribution in [3.8, 4) is 0 Å². The number of aliphatic hydroxyl groups is 1. The number of rotatable bonds is 1. The fraction of sp³-hybridized carbons (Fsp3) is 1.00. The van der Waals surface area contributed by atoms with Crippen LogP contribution in [0.25, 0.3) is 0 Å². The van der Waals surface area contributed by atoms with Crippen LogP contribution in [0.5, 0.6) is 0 Å². The van der Waals surface area contributed by atoms with Gasteiger partial charge in [0.25, 0.3) is 0 Å². The molecule has 0 aromatic carbocycles. The molecule has 3 heteroatoms. The monoisotopic (exact) mass is 213 g/mol. The molecule has 0 aliphatic heterocycles. The zero-order valence-electron chi connectivity index (χ0n) is 10.4. The van der Waals surface area contributed by atoms with Gasteiger partial charge in [0.2, 0.25) is 0 Å². The predicted molar refractivity (Wildman–Crippen MR) is 59.9 cm³/mol. The van der Waals surface area contributed by atoms with E-state index < -0.39 is 6.10 Å². The van der Waals surface area contributed by atoms with Gasteiger partial charge >= 0.3 is 0 Å². The smallest absolute Gasteiger partial charge is 0.118 e. The lowest BCUT2D eigenvalue weighted by Crippen LogP contribution is -2.54. The van der Waals surface area contributed by atoms with Gasteiger partial charge in [-0.3, -0.25) is 0 Å². The van der Waals surface area contributed by atoms with Crippen LogP contribution in [0.3, 0.4) is 0 Å². The van der Waals surface area contributed by atoms with Gasteiger partial charge in [-0.25, -0.2) is 0 Å². The van der Waals surface area contributed by atoms with Crippen LogP contribution in [0.4, 0.5) is 0 Å². The molecule has 2 saturated carbocycles. The van der Waals surface area contributed by atoms with Crippen LogP contribution in [-0.2, 0) is 0 Å². The number of fused-ring (bicyclic) bond motifs is 2. The maximum absolute atomic E-state index is 12.1. The molecule has 0 saturated heterocycles. The Balaban J connectivity index is 2.43. The number of hydroxylamine groups is 3. The number of likely N-dealkylation sites (N-methyl/N-ethyl adjacent to an activating group) is 1. The molecule has 0 aromatic rings. The van der Waals surface area contributed by atoms with Crippen LogP contribution in [0.2, 0.25) is 0 Å². The fourth-order valence-electron chi connectivity index (χ4n) is 4.06. The lowest BCUT2D eigenvalue weighted by atomic mass is 9.70. The minimum Gasteiger partial charge on any atom is -0.633 e. The Kier molecular flexibility index (Phi) is 2.09. The van der Waals surface area contributed by atoms with Crippen LogP contribution in [0.15, 0.2) is 0 Å². The van der Waals surface area contributed by atoms with E-state index in [1.165, 1.54) is 0 Å². The second-order valence-corrected chi connectivity index (χ2v) is 6.65. The number of quaternary nitrogens is 1. The Hall–Kier alpha value is -0.120. The average Bonchev–Trinajstić information content (AvgIpc) is 2.33. The second kappa shape index (κ2) is 2.76. The summed E-state index contributed by atoms with van der Waals surface area (Å²) in [5.74, 6) is 0.366. The van der Waals surface area contributed by atoms with E-state index in [4.69, 9.17) is 0 Å². The van der Waals surface area contributed by atoms with E-state index in [0.717, 1.165) is 12.8 Å². The van der Waals surface area contributed by atoms with Gasteiger partial charge in [0.15, 0.2) is 0 Å². The van der Waals surface area contributed by atoms with E-state index in [1.54, 1.807) is 14.1 Å². The molecule has 2 rings (SSSR count). The second-order valence-electron chi connectivity index (χ2n) is 6.65. The molecule has 2 aliphatic carbocycles. The molecule has 0 heterocycles. The van der Waals surface area contributed by atoms with E-state index in [2.05, 4.69) is 20.8 Å². The van der Waals surface area contributed by atoms with Gasteiger partial charge in [-0.2, -0.15) is 0 Å². The first-order valence-electron chi connectivity index (χ1n) is 5.85. The van der Waals surface area contributed by atoms with Crippen molar-refractivity contribution in [2.24, 2.45) is 16.7 Å². The number of aliphatic hydroxyl groups excluding tert-OH is 1. The molecule has 2 aliphatic rings. The van der Waals surface area contributed by atoms with Crippen LogP contribution in [-0.4, -0.2) is 36.0 Å². The summed E-state index contributed by atoms with van der Waals surface area (Å²) in [4.78, 5) is 0. The molecule has 3 nitrogen and oxygen atoms in total. The molecule has 15 heavy (non-hydrogen) atoms. The first-order valence-corrected chi connectivity index (χ1v) is 5.85. The van der Waals surface area contributed by atoms with Crippen molar-refractivity contribution in [3.63, 3.8) is 0 Å². The lowest BCUT2D eigenvalue weighted by molar-refractivity contribution is -0.875. The molecular formula is C12H23NO2. The highest BCUT2D eigenvalue weighted by Crippen LogP contribution is 2.66. The zero-order chi connectivity index (χ0) is 11.6. The Morgan fingerprint density at radius 3 is 2.07 bits per heavy atom. The molecule has 4 atom stereocenters. The SMILES string of the molecule is CC1(C)[C@@H]2CC[C@]1(C)[C@@H](O)C2[N+](C)(C)[O-]. The highest BCUT2D eigenvalue weighted by atomic mass is 16.5. The third kappa shape index (κ3) is 1.17. The first kappa shape index (κ1) is 11.4. The summed E-state index contributed by atoms with van der Waals surface area (Å²) in [6.07, 6.45) is 1.70. The van der Waals surface area contributed by atoms with Crippen LogP contribution >= 0.6 is 0 Å². The van der Waals surface area contributed by atoms with Gasteiger partial charge in [-0.1, -0.05) is 20.8 Å². The predicted octanol–water partition coefficient (Wildman–Crippen LogP) is 1.75. The third-order valence-electron chi connectivity index (χ3n) is 5.48. The molecule has 0 aromatic heterocycles. The van der Waals surface area contributed by atoms with Crippen molar-refractivity contribution >= 4 is 0 Å². The van der Waals surface area contributed by atoms with E-state index in [-0.39, 0.29) is 21.5 Å². The molecule has 2 fully saturated rings. The fourth-order valence-corrected chi connectivity index (χ4v) is 4.06. The van der Waals surface area contributed by atoms with Gasteiger partial charge in [0, 0.05) is 11.3 Å². The number of hydrogen-bond donors (Lipinski definition) is 1. The average molecular weight is 213 g/mol. The lowest BCUT2D eigenvalue weighted by Gasteiger charge is -2.47. The molecule has 0 spiro atoms. The summed E-state index contributed by atoms with van der Waals surface area (Å²) < 4.78 is -0.356. The van der Waals surface area contributed by atoms with Gasteiger partial charge in [0.05, 0.1) is 14.1 Å². The molecule has 0 radical (unpaired) electrons. The Morgan fingerprint density at radius 2 is 1.80 bits per heavy atom. The van der Waals surface area contributed by atoms with Crippen molar-refractivity contribution in [2.45, 2.75) is 45.8 Å². The van der Waals surface area contributed by atoms with Gasteiger partial charge < -0.3 is 15.0 Å². The molecule has 1 N–H and O–H groups in total. The topological polar surface area (TPSA) is 43.3 Å². The molecule has 1 unspecified atom stereocenters. The Bertz CT molecular complexity index is 282. The standard InChI is InChI=1S/C12H23NO2/c1-11(2)8-6-7-12(11,3)10(14)9(8)13(4,5)15/h8-10,14H,6-7H2,1-5H3/t8-,9?,10+,12-/m1/s1. The quantitative estimate of drug-likeness (QED) is 0.532. The van der Waals surface area contributed by atoms with Gasteiger partial charge in [-0.05, 0) is 18.3 Å². The highest BCUT2D eigenvalue weighted by Gasteiger charge is 2.69. The van der Waals surface area contributed by atoms with Gasteiger partial charge in [0.1, 0.15) is 12.1 Å². The van der Waals surface area contributed by atoms with Crippen molar-refractivity contribution in [1.29, 1.82) is 0 Å². The van der Waals surface area contributed by atoms with Crippen molar-refractivity contribution in [3.05, 3.63) is 5.21 Å². The third-order valence-corrected chi connectivity index (χ3v) is 5.48. The normalized spacial score (nSPS) is 48.6. The van der Waals surface area contributed by atoms with Crippen LogP contribution in [0.1, 0.15) is 33.6 Å². The highest BCUT2D eigenvalue weighted by molar-refractivity contribution is 5.15. The van der Waals surface area contributed by atoms with E-state index >= 15 is 0 Å². The molecule has 2 bridgehead atoms. The molecule has 0 amide bonds. The summed E-state index contributed by atoms with van der Waals surface area (Å²) in [5, 5.41) is 22.5. The zero-order valence-corrected chi connectivity index (χ0v) is 10.4. The van der Waals surface area contributed by atoms with Crippen LogP contribution in [0, 0.1) is 22.0 Å². The number of hydrogen-bond acceptors (Lipinski definition) is 2. The minimum atomic E-state index is -0.446. The van der Waals surface area contributed by atoms with E-state index in [1.807, 2.05) is 0 Å². The van der Waals surface area contributed by atoms with Crippen molar-refractivity contribution in [1.82, 2.24) is 0 Å². The Labute approximate surface area is 92.3 Å². The maximum Gasteiger partial charge on any atom is 0.118 e. The molecule has 88 valence electrons. The first-order chi connectivity index (χ1) is 6.62. The summed E-state index contributed by atoms with van der Waals surface area (Å²) in [5.41, 5.74) is 0.0271. The number of nitrogens with zero attached hydrogens (tertiary/aromatic N) is 1. The Morgan fingerprint density at radius 1 is 1.27 bits per heavy atom. The summed E-state index contributed by atoms with van der Waals surface area (Å²) in [7, 11) is 3.32. The summed E-state index contributed by atoms with van der Waals surface area (Å²) in [6, 6.07) is -0.140. The summed E-state index contributed by atoms with van der Waals surface area (Å²) in [6.45, 7) is 6.57. The van der Waals surface area contributed by atoms with E-state index in [9.17, 15) is 10.3 Å². The largest absolute Gasteiger partial charge is 0.633 e. The van der Waals surface area contributed by atoms with Crippen molar-refractivity contribution in [2.75, 3.05) is 14.1 Å². The van der Waals surface area contributed by atoms with Gasteiger partial charge in [-0.15, -0.1) is 0 Å². The maximum atomic E-state index is 12.1. The molecular weight excluding hydrogens is 190 g/mol. The minimum absolute atomic E-state index is 0.0672. The van der Waals surface area contributed by atoms with Crippen LogP contribution < -0.4 is 0 Å².